The van der Waals surface area contributed by atoms with Gasteiger partial charge in [0, 0.05) is 11.6 Å². The Morgan fingerprint density at radius 1 is 1.38 bits per heavy atom. The van der Waals surface area contributed by atoms with Gasteiger partial charge >= 0.3 is 0 Å². The lowest BCUT2D eigenvalue weighted by Crippen LogP contribution is -2.33. The fraction of sp³-hybridized carbons (Fsp3) is 0.357. The molecule has 0 aliphatic carbocycles. The number of rotatable bonds is 2. The fourth-order valence-corrected chi connectivity index (χ4v) is 4.90. The molecule has 2 aromatic rings. The predicted molar refractivity (Wildman–Crippen MR) is 79.0 cm³/mol. The molecular weight excluding hydrogens is 293 g/mol. The molecule has 1 saturated heterocycles. The van der Waals surface area contributed by atoms with Crippen LogP contribution in [0, 0.1) is 5.82 Å². The third-order valence-corrected chi connectivity index (χ3v) is 5.77. The van der Waals surface area contributed by atoms with Crippen molar-refractivity contribution >= 4 is 15.7 Å². The monoisotopic (exact) mass is 309 g/mol. The zero-order valence-electron chi connectivity index (χ0n) is 11.6. The zero-order chi connectivity index (χ0) is 15.3. The van der Waals surface area contributed by atoms with E-state index in [0.29, 0.717) is 23.5 Å². The highest BCUT2D eigenvalue weighted by Gasteiger charge is 2.41. The molecule has 3 rings (SSSR count). The molecule has 1 aromatic heterocycles. The number of nitrogen functional groups attached to an aromatic ring is 1. The molecule has 7 heteroatoms. The molecule has 0 amide bonds. The number of benzene rings is 1. The summed E-state index contributed by atoms with van der Waals surface area (Å²) in [7, 11) is -3.07. The van der Waals surface area contributed by atoms with Gasteiger partial charge < -0.3 is 5.73 Å². The van der Waals surface area contributed by atoms with Crippen LogP contribution in [0.4, 0.5) is 10.2 Å². The van der Waals surface area contributed by atoms with Crippen LogP contribution in [0.25, 0.3) is 11.3 Å². The molecule has 1 aliphatic rings. The average Bonchev–Trinajstić information content (AvgIpc) is 2.91. The van der Waals surface area contributed by atoms with Gasteiger partial charge in [0.25, 0.3) is 0 Å². The largest absolute Gasteiger partial charge is 0.384 e. The smallest absolute Gasteiger partial charge is 0.152 e. The summed E-state index contributed by atoms with van der Waals surface area (Å²) < 4.78 is 38.8. The second kappa shape index (κ2) is 4.56. The van der Waals surface area contributed by atoms with E-state index in [1.54, 1.807) is 24.3 Å². The molecule has 5 nitrogen and oxygen atoms in total. The Kier molecular flexibility index (Phi) is 3.05. The van der Waals surface area contributed by atoms with Crippen molar-refractivity contribution < 1.29 is 12.8 Å². The summed E-state index contributed by atoms with van der Waals surface area (Å²) in [5, 5.41) is 4.35. The molecule has 1 aliphatic heterocycles. The van der Waals surface area contributed by atoms with Gasteiger partial charge in [0.1, 0.15) is 11.6 Å². The normalized spacial score (nSPS) is 24.3. The zero-order valence-corrected chi connectivity index (χ0v) is 12.4. The number of halogens is 1. The molecule has 1 fully saturated rings. The van der Waals surface area contributed by atoms with Crippen LogP contribution in [0.1, 0.15) is 13.3 Å². The number of anilines is 1. The Morgan fingerprint density at radius 3 is 2.71 bits per heavy atom. The molecule has 0 saturated carbocycles. The van der Waals surface area contributed by atoms with Crippen LogP contribution in [0.2, 0.25) is 0 Å². The summed E-state index contributed by atoms with van der Waals surface area (Å²) in [6.45, 7) is 1.81. The molecule has 0 bridgehead atoms. The maximum Gasteiger partial charge on any atom is 0.152 e. The third kappa shape index (κ3) is 2.42. The van der Waals surface area contributed by atoms with Crippen molar-refractivity contribution in [2.24, 2.45) is 0 Å². The molecular formula is C14H16FN3O2S. The molecule has 1 atom stereocenters. The van der Waals surface area contributed by atoms with Gasteiger partial charge in [0.15, 0.2) is 9.84 Å². The minimum absolute atomic E-state index is 0.00257. The van der Waals surface area contributed by atoms with Crippen LogP contribution in [0.5, 0.6) is 0 Å². The van der Waals surface area contributed by atoms with Gasteiger partial charge in [-0.05, 0) is 25.5 Å². The quantitative estimate of drug-likeness (QED) is 0.917. The van der Waals surface area contributed by atoms with Gasteiger partial charge in [-0.3, -0.25) is 0 Å². The standard InChI is InChI=1S/C14H16FN3O2S/c1-14(6-7-21(19,20)9-14)18-13(16)8-12(17-18)10-4-2-3-5-11(10)15/h2-5,8H,6-7,9,16H2,1H3. The number of hydrogen-bond donors (Lipinski definition) is 1. The summed E-state index contributed by atoms with van der Waals surface area (Å²) in [4.78, 5) is 0. The Hall–Kier alpha value is -1.89. The van der Waals surface area contributed by atoms with E-state index in [2.05, 4.69) is 5.10 Å². The first-order valence-corrected chi connectivity index (χ1v) is 8.44. The topological polar surface area (TPSA) is 78.0 Å². The van der Waals surface area contributed by atoms with Crippen molar-refractivity contribution in [3.63, 3.8) is 0 Å². The van der Waals surface area contributed by atoms with Gasteiger partial charge in [-0.15, -0.1) is 0 Å². The molecule has 0 radical (unpaired) electrons. The van der Waals surface area contributed by atoms with Crippen molar-refractivity contribution in [3.8, 4) is 11.3 Å². The average molecular weight is 309 g/mol. The third-order valence-electron chi connectivity index (χ3n) is 3.88. The lowest BCUT2D eigenvalue weighted by molar-refractivity contribution is 0.335. The number of hydrogen-bond acceptors (Lipinski definition) is 4. The Labute approximate surface area is 122 Å². The summed E-state index contributed by atoms with van der Waals surface area (Å²) in [6.07, 6.45) is 0.456. The molecule has 1 unspecified atom stereocenters. The summed E-state index contributed by atoms with van der Waals surface area (Å²) in [5.41, 5.74) is 6.06. The van der Waals surface area contributed by atoms with E-state index >= 15 is 0 Å². The fourth-order valence-electron chi connectivity index (χ4n) is 2.79. The van der Waals surface area contributed by atoms with E-state index in [-0.39, 0.29) is 17.3 Å². The van der Waals surface area contributed by atoms with Crippen molar-refractivity contribution in [1.82, 2.24) is 9.78 Å². The predicted octanol–water partition coefficient (Wildman–Crippen LogP) is 1.81. The van der Waals surface area contributed by atoms with E-state index in [1.807, 2.05) is 6.92 Å². The van der Waals surface area contributed by atoms with Crippen LogP contribution in [-0.2, 0) is 15.4 Å². The number of nitrogens with zero attached hydrogens (tertiary/aromatic N) is 2. The molecule has 2 N–H and O–H groups in total. The maximum absolute atomic E-state index is 13.8. The Bertz CT molecular complexity index is 800. The first kappa shape index (κ1) is 14.1. The van der Waals surface area contributed by atoms with Crippen molar-refractivity contribution in [2.75, 3.05) is 17.2 Å². The lowest BCUT2D eigenvalue weighted by atomic mass is 10.0. The van der Waals surface area contributed by atoms with E-state index in [9.17, 15) is 12.8 Å². The number of aromatic nitrogens is 2. The van der Waals surface area contributed by atoms with E-state index < -0.39 is 15.4 Å². The van der Waals surface area contributed by atoms with Crippen LogP contribution in [0.3, 0.4) is 0 Å². The first-order valence-electron chi connectivity index (χ1n) is 6.62. The van der Waals surface area contributed by atoms with Crippen LogP contribution in [0.15, 0.2) is 30.3 Å². The van der Waals surface area contributed by atoms with E-state index in [1.165, 1.54) is 10.7 Å². The maximum atomic E-state index is 13.8. The van der Waals surface area contributed by atoms with Crippen LogP contribution >= 0.6 is 0 Å². The van der Waals surface area contributed by atoms with Crippen molar-refractivity contribution in [3.05, 3.63) is 36.1 Å². The molecule has 112 valence electrons. The van der Waals surface area contributed by atoms with Crippen molar-refractivity contribution in [2.45, 2.75) is 18.9 Å². The van der Waals surface area contributed by atoms with Gasteiger partial charge in [0.2, 0.25) is 0 Å². The van der Waals surface area contributed by atoms with Gasteiger partial charge in [-0.25, -0.2) is 17.5 Å². The second-order valence-corrected chi connectivity index (χ2v) is 7.87. The summed E-state index contributed by atoms with van der Waals surface area (Å²) in [5.74, 6) is 0.0830. The van der Waals surface area contributed by atoms with E-state index in [0.717, 1.165) is 0 Å². The number of sulfone groups is 1. The van der Waals surface area contributed by atoms with Gasteiger partial charge in [-0.1, -0.05) is 12.1 Å². The molecule has 2 heterocycles. The van der Waals surface area contributed by atoms with E-state index in [4.69, 9.17) is 5.73 Å². The SMILES string of the molecule is CC1(n2nc(-c3ccccc3F)cc2N)CCS(=O)(=O)C1. The summed E-state index contributed by atoms with van der Waals surface area (Å²) in [6, 6.07) is 7.87. The van der Waals surface area contributed by atoms with Crippen LogP contribution < -0.4 is 5.73 Å². The second-order valence-electron chi connectivity index (χ2n) is 5.69. The summed E-state index contributed by atoms with van der Waals surface area (Å²) >= 11 is 0. The first-order chi connectivity index (χ1) is 9.81. The van der Waals surface area contributed by atoms with Gasteiger partial charge in [-0.2, -0.15) is 5.10 Å². The minimum atomic E-state index is -3.07. The Balaban J connectivity index is 2.06. The van der Waals surface area contributed by atoms with Gasteiger partial charge in [0.05, 0.1) is 22.7 Å². The highest BCUT2D eigenvalue weighted by Crippen LogP contribution is 2.34. The molecule has 0 spiro atoms. The minimum Gasteiger partial charge on any atom is -0.384 e. The highest BCUT2D eigenvalue weighted by molar-refractivity contribution is 7.91. The highest BCUT2D eigenvalue weighted by atomic mass is 32.2. The molecule has 1 aromatic carbocycles. The van der Waals surface area contributed by atoms with Crippen molar-refractivity contribution in [1.29, 1.82) is 0 Å². The lowest BCUT2D eigenvalue weighted by Gasteiger charge is -2.24. The number of nitrogens with two attached hydrogens (primary N) is 1. The van der Waals surface area contributed by atoms with Crippen LogP contribution in [-0.4, -0.2) is 29.7 Å². The molecule has 21 heavy (non-hydrogen) atoms. The Morgan fingerprint density at radius 2 is 2.10 bits per heavy atom.